The molecule has 72 valence electrons. The molecule has 0 unspecified atom stereocenters. The van der Waals surface area contributed by atoms with Gasteiger partial charge in [0, 0.05) is 11.2 Å². The first-order valence-electron chi connectivity index (χ1n) is 5.00. The van der Waals surface area contributed by atoms with E-state index >= 15 is 0 Å². The van der Waals surface area contributed by atoms with E-state index in [1.54, 1.807) is 0 Å². The third kappa shape index (κ3) is 1.72. The van der Waals surface area contributed by atoms with E-state index in [9.17, 15) is 0 Å². The minimum atomic E-state index is 0.258. The first kappa shape index (κ1) is 9.08. The fraction of sp³-hybridized carbons (Fsp3) is 0.417. The highest BCUT2D eigenvalue weighted by atomic mass is 15.0. The summed E-state index contributed by atoms with van der Waals surface area (Å²) in [6.45, 7) is 2.23. The minimum Gasteiger partial charge on any atom is -0.380 e. The average molecular weight is 186 g/mol. The van der Waals surface area contributed by atoms with E-state index in [-0.39, 0.29) is 5.54 Å². The first-order valence-corrected chi connectivity index (χ1v) is 5.00. The lowest BCUT2D eigenvalue weighted by Gasteiger charge is -2.40. The number of anilines is 1. The monoisotopic (exact) mass is 186 g/mol. The maximum atomic E-state index is 8.75. The van der Waals surface area contributed by atoms with Crippen LogP contribution in [0.25, 0.3) is 0 Å². The lowest BCUT2D eigenvalue weighted by atomic mass is 9.78. The minimum absolute atomic E-state index is 0.258. The van der Waals surface area contributed by atoms with Gasteiger partial charge in [0.2, 0.25) is 0 Å². The van der Waals surface area contributed by atoms with Gasteiger partial charge in [-0.15, -0.1) is 0 Å². The molecular weight excluding hydrogens is 172 g/mol. The Kier molecular flexibility index (Phi) is 2.17. The Morgan fingerprint density at radius 1 is 1.43 bits per heavy atom. The van der Waals surface area contributed by atoms with Crippen molar-refractivity contribution in [1.82, 2.24) is 0 Å². The number of nitrogens with zero attached hydrogens (tertiary/aromatic N) is 1. The maximum absolute atomic E-state index is 8.75. The van der Waals surface area contributed by atoms with E-state index in [4.69, 9.17) is 5.26 Å². The third-order valence-corrected chi connectivity index (χ3v) is 2.89. The summed E-state index contributed by atoms with van der Waals surface area (Å²) >= 11 is 0. The van der Waals surface area contributed by atoms with E-state index in [0.29, 0.717) is 0 Å². The van der Waals surface area contributed by atoms with Crippen LogP contribution in [0.1, 0.15) is 31.7 Å². The lowest BCUT2D eigenvalue weighted by molar-refractivity contribution is 0.306. The van der Waals surface area contributed by atoms with E-state index in [1.165, 1.54) is 19.3 Å². The lowest BCUT2D eigenvalue weighted by Crippen LogP contribution is -2.41. The van der Waals surface area contributed by atoms with Gasteiger partial charge in [-0.05, 0) is 44.4 Å². The number of rotatable bonds is 2. The molecule has 0 heterocycles. The van der Waals surface area contributed by atoms with Crippen molar-refractivity contribution < 1.29 is 0 Å². The van der Waals surface area contributed by atoms with Gasteiger partial charge in [-0.3, -0.25) is 0 Å². The van der Waals surface area contributed by atoms with Crippen molar-refractivity contribution in [3.05, 3.63) is 29.8 Å². The zero-order chi connectivity index (χ0) is 10.0. The van der Waals surface area contributed by atoms with Crippen molar-refractivity contribution in [3.8, 4) is 6.07 Å². The van der Waals surface area contributed by atoms with Gasteiger partial charge in [0.05, 0.1) is 11.6 Å². The molecule has 0 aliphatic heterocycles. The van der Waals surface area contributed by atoms with Gasteiger partial charge >= 0.3 is 0 Å². The van der Waals surface area contributed by atoms with Crippen LogP contribution in [0, 0.1) is 11.3 Å². The molecular formula is C12H14N2. The maximum Gasteiger partial charge on any atom is 0.0992 e. The topological polar surface area (TPSA) is 35.8 Å². The molecule has 2 heteroatoms. The molecule has 0 aromatic heterocycles. The van der Waals surface area contributed by atoms with Gasteiger partial charge in [-0.2, -0.15) is 5.26 Å². The summed E-state index contributed by atoms with van der Waals surface area (Å²) in [4.78, 5) is 0. The van der Waals surface area contributed by atoms with Crippen LogP contribution >= 0.6 is 0 Å². The molecule has 2 nitrogen and oxygen atoms in total. The summed E-state index contributed by atoms with van der Waals surface area (Å²) < 4.78 is 0. The van der Waals surface area contributed by atoms with Crippen molar-refractivity contribution in [2.75, 3.05) is 5.32 Å². The fourth-order valence-corrected chi connectivity index (χ4v) is 1.85. The molecule has 1 N–H and O–H groups in total. The van der Waals surface area contributed by atoms with Crippen LogP contribution in [0.2, 0.25) is 0 Å². The Labute approximate surface area is 84.6 Å². The highest BCUT2D eigenvalue weighted by molar-refractivity contribution is 5.51. The van der Waals surface area contributed by atoms with Gasteiger partial charge in [-0.1, -0.05) is 6.07 Å². The molecule has 1 aliphatic carbocycles. The summed E-state index contributed by atoms with van der Waals surface area (Å²) in [6.07, 6.45) is 3.76. The van der Waals surface area contributed by atoms with Crippen LogP contribution in [0.3, 0.4) is 0 Å². The molecule has 0 saturated heterocycles. The van der Waals surface area contributed by atoms with Crippen molar-refractivity contribution >= 4 is 5.69 Å². The molecule has 0 amide bonds. The SMILES string of the molecule is CC1(Nc2cccc(C#N)c2)CCC1. The average Bonchev–Trinajstić information content (AvgIpc) is 2.16. The van der Waals surface area contributed by atoms with Gasteiger partial charge < -0.3 is 5.32 Å². The van der Waals surface area contributed by atoms with Crippen molar-refractivity contribution in [2.45, 2.75) is 31.7 Å². The first-order chi connectivity index (χ1) is 6.72. The molecule has 1 aromatic rings. The van der Waals surface area contributed by atoms with Crippen molar-refractivity contribution in [3.63, 3.8) is 0 Å². The number of benzene rings is 1. The summed E-state index contributed by atoms with van der Waals surface area (Å²) in [5, 5.41) is 12.2. The quantitative estimate of drug-likeness (QED) is 0.770. The van der Waals surface area contributed by atoms with E-state index in [1.807, 2.05) is 24.3 Å². The van der Waals surface area contributed by atoms with E-state index in [2.05, 4.69) is 18.3 Å². The van der Waals surface area contributed by atoms with Gasteiger partial charge in [0.1, 0.15) is 0 Å². The smallest absolute Gasteiger partial charge is 0.0992 e. The van der Waals surface area contributed by atoms with Gasteiger partial charge in [0.15, 0.2) is 0 Å². The second-order valence-electron chi connectivity index (χ2n) is 4.23. The van der Waals surface area contributed by atoms with Crippen LogP contribution in [-0.4, -0.2) is 5.54 Å². The second-order valence-corrected chi connectivity index (χ2v) is 4.23. The number of nitriles is 1. The molecule has 0 spiro atoms. The summed E-state index contributed by atoms with van der Waals surface area (Å²) in [7, 11) is 0. The predicted octanol–water partition coefficient (Wildman–Crippen LogP) is 2.91. The Morgan fingerprint density at radius 3 is 2.79 bits per heavy atom. The molecule has 14 heavy (non-hydrogen) atoms. The summed E-state index contributed by atoms with van der Waals surface area (Å²) in [5.74, 6) is 0. The zero-order valence-corrected chi connectivity index (χ0v) is 8.38. The fourth-order valence-electron chi connectivity index (χ4n) is 1.85. The van der Waals surface area contributed by atoms with Crippen LogP contribution in [-0.2, 0) is 0 Å². The van der Waals surface area contributed by atoms with Gasteiger partial charge in [0.25, 0.3) is 0 Å². The highest BCUT2D eigenvalue weighted by Crippen LogP contribution is 2.34. The van der Waals surface area contributed by atoms with E-state index in [0.717, 1.165) is 11.3 Å². The molecule has 2 rings (SSSR count). The van der Waals surface area contributed by atoms with E-state index < -0.39 is 0 Å². The van der Waals surface area contributed by atoms with Crippen LogP contribution < -0.4 is 5.32 Å². The molecule has 0 bridgehead atoms. The number of hydrogen-bond donors (Lipinski definition) is 1. The Hall–Kier alpha value is -1.49. The van der Waals surface area contributed by atoms with Crippen LogP contribution in [0.5, 0.6) is 0 Å². The molecule has 1 fully saturated rings. The standard InChI is InChI=1S/C12H14N2/c1-12(6-3-7-12)14-11-5-2-4-10(8-11)9-13/h2,4-5,8,14H,3,6-7H2,1H3. The molecule has 1 aliphatic rings. The van der Waals surface area contributed by atoms with Crippen LogP contribution in [0.4, 0.5) is 5.69 Å². The van der Waals surface area contributed by atoms with Gasteiger partial charge in [-0.25, -0.2) is 0 Å². The van der Waals surface area contributed by atoms with Crippen LogP contribution in [0.15, 0.2) is 24.3 Å². The Morgan fingerprint density at radius 2 is 2.21 bits per heavy atom. The Bertz CT molecular complexity index is 372. The largest absolute Gasteiger partial charge is 0.380 e. The molecule has 1 aromatic carbocycles. The summed E-state index contributed by atoms with van der Waals surface area (Å²) in [6, 6.07) is 9.82. The number of hydrogen-bond acceptors (Lipinski definition) is 2. The molecule has 0 atom stereocenters. The second kappa shape index (κ2) is 3.34. The van der Waals surface area contributed by atoms with Crippen molar-refractivity contribution in [2.24, 2.45) is 0 Å². The predicted molar refractivity (Wildman–Crippen MR) is 57.0 cm³/mol. The Balaban J connectivity index is 2.13. The summed E-state index contributed by atoms with van der Waals surface area (Å²) in [5.41, 5.74) is 2.04. The third-order valence-electron chi connectivity index (χ3n) is 2.89. The highest BCUT2D eigenvalue weighted by Gasteiger charge is 2.31. The normalized spacial score (nSPS) is 18.0. The zero-order valence-electron chi connectivity index (χ0n) is 8.38. The molecule has 0 radical (unpaired) electrons. The molecule has 1 saturated carbocycles. The number of nitrogens with one attached hydrogen (secondary N) is 1. The van der Waals surface area contributed by atoms with Crippen molar-refractivity contribution in [1.29, 1.82) is 5.26 Å².